The van der Waals surface area contributed by atoms with Crippen molar-refractivity contribution in [3.8, 4) is 11.5 Å². The molecule has 26 heavy (non-hydrogen) atoms. The van der Waals surface area contributed by atoms with Crippen molar-refractivity contribution in [2.75, 3.05) is 13.2 Å². The van der Waals surface area contributed by atoms with Gasteiger partial charge in [0, 0.05) is 0 Å². The molecule has 1 aliphatic heterocycles. The lowest BCUT2D eigenvalue weighted by Crippen LogP contribution is -2.25. The molecule has 2 N–H and O–H groups in total. The van der Waals surface area contributed by atoms with Gasteiger partial charge in [0.2, 0.25) is 0 Å². The standard InChI is InChI=1S/C19H17NO5S/c21-14(11-24-15-4-2-1-3-5-15)12-25-16-8-6-13(7-9-16)10-17-18(22)20-19(23)26-17/h1-10,14,21H,11-12H2,(H,20,22,23)/b17-10-. The molecule has 1 saturated heterocycles. The lowest BCUT2D eigenvalue weighted by Gasteiger charge is -2.13. The molecule has 134 valence electrons. The van der Waals surface area contributed by atoms with E-state index in [4.69, 9.17) is 9.47 Å². The maximum Gasteiger partial charge on any atom is 0.290 e. The summed E-state index contributed by atoms with van der Waals surface area (Å²) in [6, 6.07) is 16.2. The Morgan fingerprint density at radius 1 is 0.962 bits per heavy atom. The summed E-state index contributed by atoms with van der Waals surface area (Å²) in [5.41, 5.74) is 0.776. The number of para-hydroxylation sites is 1. The highest BCUT2D eigenvalue weighted by Gasteiger charge is 2.24. The Bertz CT molecular complexity index is 804. The monoisotopic (exact) mass is 371 g/mol. The molecule has 1 atom stereocenters. The molecule has 0 radical (unpaired) electrons. The molecule has 6 nitrogen and oxygen atoms in total. The van der Waals surface area contributed by atoms with Gasteiger partial charge in [-0.1, -0.05) is 30.3 Å². The summed E-state index contributed by atoms with van der Waals surface area (Å²) < 4.78 is 11.0. The average Bonchev–Trinajstić information content (AvgIpc) is 2.97. The summed E-state index contributed by atoms with van der Waals surface area (Å²) in [6.45, 7) is 0.231. The topological polar surface area (TPSA) is 84.9 Å². The number of aliphatic hydroxyl groups excluding tert-OH is 1. The molecule has 0 bridgehead atoms. The van der Waals surface area contributed by atoms with Gasteiger partial charge in [-0.25, -0.2) is 0 Å². The number of benzene rings is 2. The van der Waals surface area contributed by atoms with Crippen LogP contribution in [0.15, 0.2) is 59.5 Å². The van der Waals surface area contributed by atoms with E-state index in [9.17, 15) is 14.7 Å². The maximum absolute atomic E-state index is 11.5. The van der Waals surface area contributed by atoms with Crippen molar-refractivity contribution >= 4 is 29.0 Å². The number of rotatable bonds is 7. The molecule has 1 unspecified atom stereocenters. The second-order valence-electron chi connectivity index (χ2n) is 5.51. The van der Waals surface area contributed by atoms with Crippen LogP contribution in [0.2, 0.25) is 0 Å². The van der Waals surface area contributed by atoms with Gasteiger partial charge < -0.3 is 14.6 Å². The van der Waals surface area contributed by atoms with Gasteiger partial charge in [-0.2, -0.15) is 0 Å². The minimum Gasteiger partial charge on any atom is -0.491 e. The van der Waals surface area contributed by atoms with E-state index in [2.05, 4.69) is 5.32 Å². The van der Waals surface area contributed by atoms with E-state index < -0.39 is 6.10 Å². The summed E-state index contributed by atoms with van der Waals surface area (Å²) in [6.07, 6.45) is 0.874. The Labute approximate surface area is 154 Å². The highest BCUT2D eigenvalue weighted by atomic mass is 32.2. The molecule has 1 aliphatic rings. The van der Waals surface area contributed by atoms with E-state index in [1.807, 2.05) is 30.3 Å². The molecule has 7 heteroatoms. The first-order chi connectivity index (χ1) is 12.6. The first kappa shape index (κ1) is 18.0. The third-order valence-electron chi connectivity index (χ3n) is 3.45. The summed E-state index contributed by atoms with van der Waals surface area (Å²) >= 11 is 0.874. The Morgan fingerprint density at radius 2 is 1.58 bits per heavy atom. The predicted octanol–water partition coefficient (Wildman–Crippen LogP) is 2.83. The Morgan fingerprint density at radius 3 is 2.15 bits per heavy atom. The van der Waals surface area contributed by atoms with Crippen molar-refractivity contribution in [3.63, 3.8) is 0 Å². The van der Waals surface area contributed by atoms with E-state index in [1.54, 1.807) is 30.3 Å². The Hall–Kier alpha value is -2.77. The molecule has 3 rings (SSSR count). The van der Waals surface area contributed by atoms with Crippen molar-refractivity contribution in [1.82, 2.24) is 5.32 Å². The van der Waals surface area contributed by atoms with E-state index in [0.717, 1.165) is 17.3 Å². The number of imide groups is 1. The Balaban J connectivity index is 1.47. The molecule has 0 saturated carbocycles. The van der Waals surface area contributed by atoms with Crippen LogP contribution in [0.4, 0.5) is 4.79 Å². The number of aliphatic hydroxyl groups is 1. The van der Waals surface area contributed by atoms with Crippen molar-refractivity contribution in [2.24, 2.45) is 0 Å². The number of carbonyl (C=O) groups is 2. The quantitative estimate of drug-likeness (QED) is 0.728. The van der Waals surface area contributed by atoms with Crippen LogP contribution in [0.25, 0.3) is 6.08 Å². The molecule has 0 spiro atoms. The fourth-order valence-corrected chi connectivity index (χ4v) is 2.86. The van der Waals surface area contributed by atoms with Gasteiger partial charge in [-0.05, 0) is 47.7 Å². The fraction of sp³-hybridized carbons (Fsp3) is 0.158. The zero-order chi connectivity index (χ0) is 18.4. The average molecular weight is 371 g/mol. The number of amides is 2. The van der Waals surface area contributed by atoms with Crippen molar-refractivity contribution in [3.05, 3.63) is 65.1 Å². The van der Waals surface area contributed by atoms with E-state index in [-0.39, 0.29) is 24.4 Å². The van der Waals surface area contributed by atoms with Crippen LogP contribution in [-0.2, 0) is 4.79 Å². The van der Waals surface area contributed by atoms with E-state index >= 15 is 0 Å². The first-order valence-corrected chi connectivity index (χ1v) is 8.75. The number of thioether (sulfide) groups is 1. The number of hydrogen-bond acceptors (Lipinski definition) is 6. The largest absolute Gasteiger partial charge is 0.491 e. The SMILES string of the molecule is O=C1NC(=O)/C(=C/c2ccc(OCC(O)COc3ccccc3)cc2)S1. The van der Waals surface area contributed by atoms with Crippen LogP contribution in [0.3, 0.4) is 0 Å². The summed E-state index contributed by atoms with van der Waals surface area (Å²) in [4.78, 5) is 23.0. The second kappa shape index (κ2) is 8.55. The molecule has 2 amide bonds. The zero-order valence-electron chi connectivity index (χ0n) is 13.8. The summed E-state index contributed by atoms with van der Waals surface area (Å²) in [5, 5.41) is 11.8. The molecular weight excluding hydrogens is 354 g/mol. The molecule has 2 aromatic carbocycles. The van der Waals surface area contributed by atoms with Crippen LogP contribution < -0.4 is 14.8 Å². The van der Waals surface area contributed by atoms with Gasteiger partial charge in [0.25, 0.3) is 11.1 Å². The summed E-state index contributed by atoms with van der Waals surface area (Å²) in [7, 11) is 0. The van der Waals surface area contributed by atoms with Gasteiger partial charge in [0.1, 0.15) is 30.8 Å². The van der Waals surface area contributed by atoms with Crippen molar-refractivity contribution in [1.29, 1.82) is 0 Å². The van der Waals surface area contributed by atoms with Crippen molar-refractivity contribution < 1.29 is 24.2 Å². The van der Waals surface area contributed by atoms with Gasteiger partial charge in [0.05, 0.1) is 4.91 Å². The number of hydrogen-bond donors (Lipinski definition) is 2. The molecule has 0 aromatic heterocycles. The van der Waals surface area contributed by atoms with Crippen LogP contribution in [0.1, 0.15) is 5.56 Å². The van der Waals surface area contributed by atoms with Gasteiger partial charge in [-0.15, -0.1) is 0 Å². The maximum atomic E-state index is 11.5. The minimum absolute atomic E-state index is 0.0973. The molecule has 0 aliphatic carbocycles. The summed E-state index contributed by atoms with van der Waals surface area (Å²) in [5.74, 6) is 0.892. The molecule has 1 heterocycles. The zero-order valence-corrected chi connectivity index (χ0v) is 14.6. The smallest absolute Gasteiger partial charge is 0.290 e. The molecule has 2 aromatic rings. The van der Waals surface area contributed by atoms with Crippen molar-refractivity contribution in [2.45, 2.75) is 6.10 Å². The minimum atomic E-state index is -0.762. The van der Waals surface area contributed by atoms with Crippen LogP contribution >= 0.6 is 11.8 Å². The van der Waals surface area contributed by atoms with Crippen LogP contribution in [0, 0.1) is 0 Å². The fourth-order valence-electron chi connectivity index (χ4n) is 2.18. The van der Waals surface area contributed by atoms with Gasteiger partial charge in [-0.3, -0.25) is 14.9 Å². The lowest BCUT2D eigenvalue weighted by atomic mass is 10.2. The predicted molar refractivity (Wildman–Crippen MR) is 99.0 cm³/mol. The lowest BCUT2D eigenvalue weighted by molar-refractivity contribution is -0.115. The normalized spacial score (nSPS) is 16.4. The van der Waals surface area contributed by atoms with E-state index in [1.165, 1.54) is 0 Å². The molecular formula is C19H17NO5S. The number of nitrogens with one attached hydrogen (secondary N) is 1. The number of carbonyl (C=O) groups excluding carboxylic acids is 2. The second-order valence-corrected chi connectivity index (χ2v) is 6.52. The van der Waals surface area contributed by atoms with Gasteiger partial charge >= 0.3 is 0 Å². The highest BCUT2D eigenvalue weighted by Crippen LogP contribution is 2.26. The van der Waals surface area contributed by atoms with Crippen LogP contribution in [-0.4, -0.2) is 35.6 Å². The van der Waals surface area contributed by atoms with E-state index in [0.29, 0.717) is 16.4 Å². The Kier molecular flexibility index (Phi) is 5.93. The third kappa shape index (κ3) is 5.11. The van der Waals surface area contributed by atoms with Crippen LogP contribution in [0.5, 0.6) is 11.5 Å². The van der Waals surface area contributed by atoms with Gasteiger partial charge in [0.15, 0.2) is 0 Å². The first-order valence-electron chi connectivity index (χ1n) is 7.94. The number of ether oxygens (including phenoxy) is 2. The third-order valence-corrected chi connectivity index (χ3v) is 4.26. The molecule has 1 fully saturated rings. The highest BCUT2D eigenvalue weighted by molar-refractivity contribution is 8.18.